The van der Waals surface area contributed by atoms with Crippen molar-refractivity contribution in [3.63, 3.8) is 0 Å². The van der Waals surface area contributed by atoms with E-state index in [4.69, 9.17) is 0 Å². The number of benzene rings is 2. The summed E-state index contributed by atoms with van der Waals surface area (Å²) in [5.74, 6) is -0.106. The van der Waals surface area contributed by atoms with Crippen molar-refractivity contribution >= 4 is 27.5 Å². The second-order valence-electron chi connectivity index (χ2n) is 4.23. The average molecular weight is 304 g/mol. The first kappa shape index (κ1) is 12.8. The molecule has 0 saturated heterocycles. The number of nitrogens with one attached hydrogen (secondary N) is 1. The lowest BCUT2D eigenvalue weighted by Gasteiger charge is -2.08. The molecule has 2 aromatic rings. The first-order valence-corrected chi connectivity index (χ1v) is 6.50. The number of amides is 1. The Labute approximate surface area is 115 Å². The molecule has 1 N–H and O–H groups in total. The highest BCUT2D eigenvalue weighted by atomic mass is 79.9. The second-order valence-corrected chi connectivity index (χ2v) is 5.09. The van der Waals surface area contributed by atoms with E-state index in [0.717, 1.165) is 10.2 Å². The third-order valence-corrected chi connectivity index (χ3v) is 3.57. The maximum absolute atomic E-state index is 12.1. The Morgan fingerprint density at radius 3 is 2.44 bits per heavy atom. The summed E-state index contributed by atoms with van der Waals surface area (Å²) in [6.45, 7) is 4.08. The number of hydrogen-bond donors (Lipinski definition) is 1. The molecule has 0 atom stereocenters. The molecule has 0 bridgehead atoms. The minimum atomic E-state index is -0.106. The smallest absolute Gasteiger partial charge is 0.256 e. The van der Waals surface area contributed by atoms with Crippen LogP contribution in [0.2, 0.25) is 0 Å². The number of hydrogen-bond acceptors (Lipinski definition) is 1. The molecule has 0 unspecified atom stereocenters. The van der Waals surface area contributed by atoms with E-state index in [1.165, 1.54) is 11.1 Å². The van der Waals surface area contributed by atoms with Crippen LogP contribution in [0, 0.1) is 13.8 Å². The fourth-order valence-electron chi connectivity index (χ4n) is 1.66. The molecule has 18 heavy (non-hydrogen) atoms. The quantitative estimate of drug-likeness (QED) is 0.879. The summed E-state index contributed by atoms with van der Waals surface area (Å²) in [7, 11) is 0. The number of anilines is 1. The Hall–Kier alpha value is -1.61. The second kappa shape index (κ2) is 5.36. The molecular formula is C15H14BrNO. The average Bonchev–Trinajstić information content (AvgIpc) is 2.34. The van der Waals surface area contributed by atoms with Gasteiger partial charge in [-0.2, -0.15) is 0 Å². The van der Waals surface area contributed by atoms with Crippen LogP contribution in [0.15, 0.2) is 46.9 Å². The van der Waals surface area contributed by atoms with Crippen LogP contribution >= 0.6 is 15.9 Å². The van der Waals surface area contributed by atoms with Gasteiger partial charge in [0.2, 0.25) is 0 Å². The summed E-state index contributed by atoms with van der Waals surface area (Å²) in [4.78, 5) is 12.1. The lowest BCUT2D eigenvalue weighted by Crippen LogP contribution is -2.12. The van der Waals surface area contributed by atoms with Crippen molar-refractivity contribution in [2.45, 2.75) is 13.8 Å². The Balaban J connectivity index is 2.22. The predicted octanol–water partition coefficient (Wildman–Crippen LogP) is 4.32. The molecule has 0 spiro atoms. The van der Waals surface area contributed by atoms with Crippen molar-refractivity contribution in [2.24, 2.45) is 0 Å². The molecule has 0 radical (unpaired) electrons. The predicted molar refractivity (Wildman–Crippen MR) is 78.0 cm³/mol. The van der Waals surface area contributed by atoms with Gasteiger partial charge in [0.15, 0.2) is 0 Å². The van der Waals surface area contributed by atoms with Gasteiger partial charge in [0.05, 0.1) is 5.56 Å². The third kappa shape index (κ3) is 2.79. The zero-order valence-electron chi connectivity index (χ0n) is 10.3. The van der Waals surface area contributed by atoms with Crippen LogP contribution in [0.4, 0.5) is 5.69 Å². The first-order valence-electron chi connectivity index (χ1n) is 5.71. The van der Waals surface area contributed by atoms with Crippen LogP contribution in [-0.4, -0.2) is 5.91 Å². The maximum Gasteiger partial charge on any atom is 0.256 e. The van der Waals surface area contributed by atoms with Gasteiger partial charge < -0.3 is 5.32 Å². The molecule has 0 aliphatic carbocycles. The molecule has 92 valence electrons. The van der Waals surface area contributed by atoms with E-state index in [1.807, 2.05) is 43.3 Å². The highest BCUT2D eigenvalue weighted by Gasteiger charge is 2.09. The SMILES string of the molecule is Cc1ccc(NC(=O)c2ccccc2Br)cc1C. The van der Waals surface area contributed by atoms with Crippen molar-refractivity contribution in [3.8, 4) is 0 Å². The standard InChI is InChI=1S/C15H14BrNO/c1-10-7-8-12(9-11(10)2)17-15(18)13-5-3-4-6-14(13)16/h3-9H,1-2H3,(H,17,18). The van der Waals surface area contributed by atoms with E-state index in [-0.39, 0.29) is 5.91 Å². The van der Waals surface area contributed by atoms with E-state index in [0.29, 0.717) is 5.56 Å². The van der Waals surface area contributed by atoms with Crippen molar-refractivity contribution in [1.82, 2.24) is 0 Å². The molecule has 2 rings (SSSR count). The van der Waals surface area contributed by atoms with Crippen molar-refractivity contribution < 1.29 is 4.79 Å². The van der Waals surface area contributed by atoms with Gasteiger partial charge in [-0.25, -0.2) is 0 Å². The van der Waals surface area contributed by atoms with E-state index in [2.05, 4.69) is 28.2 Å². The Bertz CT molecular complexity index is 593. The molecule has 0 heterocycles. The monoisotopic (exact) mass is 303 g/mol. The lowest BCUT2D eigenvalue weighted by atomic mass is 10.1. The summed E-state index contributed by atoms with van der Waals surface area (Å²) in [5.41, 5.74) is 3.84. The number of rotatable bonds is 2. The molecule has 2 nitrogen and oxygen atoms in total. The summed E-state index contributed by atoms with van der Waals surface area (Å²) >= 11 is 3.38. The highest BCUT2D eigenvalue weighted by molar-refractivity contribution is 9.10. The molecule has 0 aromatic heterocycles. The largest absolute Gasteiger partial charge is 0.322 e. The molecule has 0 fully saturated rings. The van der Waals surface area contributed by atoms with Crippen LogP contribution in [0.5, 0.6) is 0 Å². The number of aryl methyl sites for hydroxylation is 2. The number of carbonyl (C=O) groups excluding carboxylic acids is 1. The van der Waals surface area contributed by atoms with Gasteiger partial charge in [-0.3, -0.25) is 4.79 Å². The van der Waals surface area contributed by atoms with Crippen LogP contribution in [0.3, 0.4) is 0 Å². The van der Waals surface area contributed by atoms with Crippen molar-refractivity contribution in [3.05, 3.63) is 63.6 Å². The summed E-state index contributed by atoms with van der Waals surface area (Å²) in [5, 5.41) is 2.90. The van der Waals surface area contributed by atoms with Gasteiger partial charge in [0.25, 0.3) is 5.91 Å². The topological polar surface area (TPSA) is 29.1 Å². The molecule has 1 amide bonds. The summed E-state index contributed by atoms with van der Waals surface area (Å²) in [6.07, 6.45) is 0. The van der Waals surface area contributed by atoms with Crippen LogP contribution in [0.1, 0.15) is 21.5 Å². The fraction of sp³-hybridized carbons (Fsp3) is 0.133. The van der Waals surface area contributed by atoms with E-state index < -0.39 is 0 Å². The van der Waals surface area contributed by atoms with Crippen molar-refractivity contribution in [1.29, 1.82) is 0 Å². The number of halogens is 1. The fourth-order valence-corrected chi connectivity index (χ4v) is 2.13. The third-order valence-electron chi connectivity index (χ3n) is 2.88. The Kier molecular flexibility index (Phi) is 3.82. The van der Waals surface area contributed by atoms with Gasteiger partial charge >= 0.3 is 0 Å². The van der Waals surface area contributed by atoms with Crippen LogP contribution in [-0.2, 0) is 0 Å². The van der Waals surface area contributed by atoms with Gasteiger partial charge in [-0.05, 0) is 65.2 Å². The highest BCUT2D eigenvalue weighted by Crippen LogP contribution is 2.19. The zero-order valence-corrected chi connectivity index (χ0v) is 11.9. The molecule has 0 saturated carbocycles. The molecule has 2 aromatic carbocycles. The van der Waals surface area contributed by atoms with E-state index >= 15 is 0 Å². The first-order chi connectivity index (χ1) is 8.58. The minimum absolute atomic E-state index is 0.106. The maximum atomic E-state index is 12.1. The van der Waals surface area contributed by atoms with Gasteiger partial charge in [-0.1, -0.05) is 18.2 Å². The van der Waals surface area contributed by atoms with Gasteiger partial charge in [0.1, 0.15) is 0 Å². The Morgan fingerprint density at radius 2 is 1.78 bits per heavy atom. The molecule has 0 aliphatic heterocycles. The normalized spacial score (nSPS) is 10.2. The zero-order chi connectivity index (χ0) is 13.1. The lowest BCUT2D eigenvalue weighted by molar-refractivity contribution is 0.102. The van der Waals surface area contributed by atoms with Crippen molar-refractivity contribution in [2.75, 3.05) is 5.32 Å². The molecule has 0 aliphatic rings. The van der Waals surface area contributed by atoms with E-state index in [1.54, 1.807) is 6.07 Å². The Morgan fingerprint density at radius 1 is 1.06 bits per heavy atom. The van der Waals surface area contributed by atoms with Gasteiger partial charge in [-0.15, -0.1) is 0 Å². The molecule has 3 heteroatoms. The van der Waals surface area contributed by atoms with Gasteiger partial charge in [0, 0.05) is 10.2 Å². The van der Waals surface area contributed by atoms with E-state index in [9.17, 15) is 4.79 Å². The van der Waals surface area contributed by atoms with Crippen LogP contribution in [0.25, 0.3) is 0 Å². The number of carbonyl (C=O) groups is 1. The summed E-state index contributed by atoms with van der Waals surface area (Å²) < 4.78 is 0.798. The minimum Gasteiger partial charge on any atom is -0.322 e. The molecular weight excluding hydrogens is 290 g/mol. The summed E-state index contributed by atoms with van der Waals surface area (Å²) in [6, 6.07) is 13.3. The van der Waals surface area contributed by atoms with Crippen LogP contribution < -0.4 is 5.32 Å².